The molecule has 6 heteroatoms. The predicted octanol–water partition coefficient (Wildman–Crippen LogP) is 4.12. The van der Waals surface area contributed by atoms with E-state index in [9.17, 15) is 13.2 Å². The van der Waals surface area contributed by atoms with Crippen molar-refractivity contribution in [1.29, 1.82) is 0 Å². The average molecular weight is 435 g/mol. The second-order valence-corrected chi connectivity index (χ2v) is 9.81. The quantitative estimate of drug-likeness (QED) is 0.621. The van der Waals surface area contributed by atoms with E-state index in [0.717, 1.165) is 22.3 Å². The highest BCUT2D eigenvalue weighted by Crippen LogP contribution is 2.23. The predicted molar refractivity (Wildman–Crippen MR) is 122 cm³/mol. The molecule has 1 heterocycles. The molecule has 0 spiro atoms. The Morgan fingerprint density at radius 3 is 2.00 bits per heavy atom. The number of sulfonamides is 1. The number of nitrogens with zero attached hydrogens (tertiary/aromatic N) is 2. The van der Waals surface area contributed by atoms with Crippen molar-refractivity contribution < 1.29 is 13.2 Å². The van der Waals surface area contributed by atoms with Gasteiger partial charge in [0.15, 0.2) is 0 Å². The summed E-state index contributed by atoms with van der Waals surface area (Å²) >= 11 is 0. The lowest BCUT2D eigenvalue weighted by molar-refractivity contribution is 0.0698. The molecule has 0 bridgehead atoms. The molecule has 1 fully saturated rings. The molecule has 0 N–H and O–H groups in total. The van der Waals surface area contributed by atoms with Gasteiger partial charge in [0.25, 0.3) is 5.91 Å². The third-order valence-corrected chi connectivity index (χ3v) is 7.77. The van der Waals surface area contributed by atoms with E-state index in [-0.39, 0.29) is 5.91 Å². The van der Waals surface area contributed by atoms with Crippen molar-refractivity contribution in [2.75, 3.05) is 26.2 Å². The fraction of sp³-hybridized carbons (Fsp3) is 0.240. The zero-order chi connectivity index (χ0) is 22.0. The maximum atomic E-state index is 13.1. The van der Waals surface area contributed by atoms with Crippen molar-refractivity contribution in [1.82, 2.24) is 9.21 Å². The molecule has 3 aromatic carbocycles. The molecule has 0 aromatic heterocycles. The summed E-state index contributed by atoms with van der Waals surface area (Å²) in [5.41, 5.74) is 4.56. The van der Waals surface area contributed by atoms with Crippen LogP contribution in [0.15, 0.2) is 77.7 Å². The van der Waals surface area contributed by atoms with E-state index < -0.39 is 10.0 Å². The average Bonchev–Trinajstić information content (AvgIpc) is 2.79. The van der Waals surface area contributed by atoms with Crippen LogP contribution in [-0.4, -0.2) is 49.7 Å². The molecule has 1 amide bonds. The highest BCUT2D eigenvalue weighted by molar-refractivity contribution is 7.89. The van der Waals surface area contributed by atoms with Crippen LogP contribution in [0.5, 0.6) is 0 Å². The van der Waals surface area contributed by atoms with Crippen LogP contribution in [0.4, 0.5) is 0 Å². The first kappa shape index (κ1) is 21.3. The Balaban J connectivity index is 1.43. The number of rotatable bonds is 4. The largest absolute Gasteiger partial charge is 0.336 e. The molecule has 5 nitrogen and oxygen atoms in total. The van der Waals surface area contributed by atoms with Crippen molar-refractivity contribution >= 4 is 15.9 Å². The second-order valence-electron chi connectivity index (χ2n) is 7.91. The first-order valence-electron chi connectivity index (χ1n) is 10.4. The molecule has 0 radical (unpaired) electrons. The van der Waals surface area contributed by atoms with Gasteiger partial charge in [0, 0.05) is 31.7 Å². The van der Waals surface area contributed by atoms with Crippen LogP contribution in [0, 0.1) is 13.8 Å². The number of hydrogen-bond donors (Lipinski definition) is 0. The maximum Gasteiger partial charge on any atom is 0.253 e. The number of carbonyl (C=O) groups is 1. The summed E-state index contributed by atoms with van der Waals surface area (Å²) in [6.45, 7) is 5.11. The Morgan fingerprint density at radius 2 is 1.39 bits per heavy atom. The zero-order valence-corrected chi connectivity index (χ0v) is 18.6. The van der Waals surface area contributed by atoms with Gasteiger partial charge in [-0.3, -0.25) is 4.79 Å². The summed E-state index contributed by atoms with van der Waals surface area (Å²) in [6, 6.07) is 23.0. The van der Waals surface area contributed by atoms with Gasteiger partial charge in [0.1, 0.15) is 0 Å². The van der Waals surface area contributed by atoms with Gasteiger partial charge >= 0.3 is 0 Å². The Labute approximate surface area is 184 Å². The van der Waals surface area contributed by atoms with Crippen LogP contribution in [-0.2, 0) is 10.0 Å². The molecule has 0 aliphatic carbocycles. The molecule has 1 aliphatic heterocycles. The lowest BCUT2D eigenvalue weighted by atomic mass is 10.0. The molecular weight excluding hydrogens is 408 g/mol. The third kappa shape index (κ3) is 4.40. The Hall–Kier alpha value is -2.96. The number of benzene rings is 3. The van der Waals surface area contributed by atoms with E-state index in [1.54, 1.807) is 11.0 Å². The first-order chi connectivity index (χ1) is 14.9. The van der Waals surface area contributed by atoms with Crippen LogP contribution < -0.4 is 0 Å². The van der Waals surface area contributed by atoms with E-state index in [1.165, 1.54) is 4.31 Å². The molecule has 0 saturated carbocycles. The minimum Gasteiger partial charge on any atom is -0.336 e. The molecule has 0 unspecified atom stereocenters. The molecule has 31 heavy (non-hydrogen) atoms. The third-order valence-electron chi connectivity index (χ3n) is 5.71. The summed E-state index contributed by atoms with van der Waals surface area (Å²) in [6.07, 6.45) is 0. The van der Waals surface area contributed by atoms with E-state index in [1.807, 2.05) is 80.6 Å². The second kappa shape index (κ2) is 8.65. The fourth-order valence-corrected chi connectivity index (χ4v) is 5.61. The van der Waals surface area contributed by atoms with Crippen molar-refractivity contribution in [2.45, 2.75) is 18.7 Å². The lowest BCUT2D eigenvalue weighted by Crippen LogP contribution is -2.50. The van der Waals surface area contributed by atoms with E-state index in [4.69, 9.17) is 0 Å². The summed E-state index contributed by atoms with van der Waals surface area (Å²) in [4.78, 5) is 15.0. The van der Waals surface area contributed by atoms with Gasteiger partial charge in [-0.1, -0.05) is 60.2 Å². The Morgan fingerprint density at radius 1 is 0.774 bits per heavy atom. The van der Waals surface area contributed by atoms with Crippen LogP contribution in [0.1, 0.15) is 21.5 Å². The number of carbonyl (C=O) groups excluding carboxylic acids is 1. The van der Waals surface area contributed by atoms with E-state index >= 15 is 0 Å². The molecule has 3 aromatic rings. The normalized spacial score (nSPS) is 15.1. The van der Waals surface area contributed by atoms with Crippen LogP contribution >= 0.6 is 0 Å². The van der Waals surface area contributed by atoms with Gasteiger partial charge in [0.05, 0.1) is 4.90 Å². The van der Waals surface area contributed by atoms with Gasteiger partial charge < -0.3 is 4.90 Å². The van der Waals surface area contributed by atoms with Crippen LogP contribution in [0.3, 0.4) is 0 Å². The monoisotopic (exact) mass is 434 g/mol. The van der Waals surface area contributed by atoms with Gasteiger partial charge in [0.2, 0.25) is 10.0 Å². The van der Waals surface area contributed by atoms with E-state index in [0.29, 0.717) is 36.6 Å². The number of piperazine rings is 1. The van der Waals surface area contributed by atoms with Crippen molar-refractivity contribution in [3.8, 4) is 11.1 Å². The highest BCUT2D eigenvalue weighted by atomic mass is 32.2. The van der Waals surface area contributed by atoms with Crippen molar-refractivity contribution in [2.24, 2.45) is 0 Å². The Kier molecular flexibility index (Phi) is 5.94. The van der Waals surface area contributed by atoms with Crippen LogP contribution in [0.2, 0.25) is 0 Å². The molecule has 1 aliphatic rings. The molecule has 160 valence electrons. The van der Waals surface area contributed by atoms with Gasteiger partial charge in [-0.2, -0.15) is 4.31 Å². The molecule has 4 rings (SSSR count). The summed E-state index contributed by atoms with van der Waals surface area (Å²) < 4.78 is 27.6. The maximum absolute atomic E-state index is 13.1. The number of aryl methyl sites for hydroxylation is 2. The summed E-state index contributed by atoms with van der Waals surface area (Å²) in [5.74, 6) is -0.0665. The van der Waals surface area contributed by atoms with Gasteiger partial charge in [-0.25, -0.2) is 8.42 Å². The highest BCUT2D eigenvalue weighted by Gasteiger charge is 2.31. The SMILES string of the molecule is Cc1ccc(S(=O)(=O)N2CCN(C(=O)c3ccc(-c4ccccc4)cc3)CC2)c(C)c1. The van der Waals surface area contributed by atoms with Crippen LogP contribution in [0.25, 0.3) is 11.1 Å². The smallest absolute Gasteiger partial charge is 0.253 e. The minimum atomic E-state index is -3.56. The minimum absolute atomic E-state index is 0.0665. The summed E-state index contributed by atoms with van der Waals surface area (Å²) in [5, 5.41) is 0. The van der Waals surface area contributed by atoms with Gasteiger partial charge in [-0.05, 0) is 48.7 Å². The Bertz CT molecular complexity index is 1180. The van der Waals surface area contributed by atoms with E-state index in [2.05, 4.69) is 0 Å². The van der Waals surface area contributed by atoms with Crippen molar-refractivity contribution in [3.05, 3.63) is 89.5 Å². The fourth-order valence-electron chi connectivity index (χ4n) is 3.98. The van der Waals surface area contributed by atoms with Crippen molar-refractivity contribution in [3.63, 3.8) is 0 Å². The number of hydrogen-bond acceptors (Lipinski definition) is 3. The zero-order valence-electron chi connectivity index (χ0n) is 17.8. The van der Waals surface area contributed by atoms with Gasteiger partial charge in [-0.15, -0.1) is 0 Å². The molecule has 1 saturated heterocycles. The first-order valence-corrected chi connectivity index (χ1v) is 11.8. The number of amides is 1. The molecule has 0 atom stereocenters. The lowest BCUT2D eigenvalue weighted by Gasteiger charge is -2.34. The standard InChI is InChI=1S/C25H26N2O3S/c1-19-8-13-24(20(2)18-19)31(29,30)27-16-14-26(15-17-27)25(28)23-11-9-22(10-12-23)21-6-4-3-5-7-21/h3-13,18H,14-17H2,1-2H3. The topological polar surface area (TPSA) is 57.7 Å². The molecular formula is C25H26N2O3S. The summed E-state index contributed by atoms with van der Waals surface area (Å²) in [7, 11) is -3.56.